The molecule has 0 saturated heterocycles. The summed E-state index contributed by atoms with van der Waals surface area (Å²) in [5, 5.41) is 8.10. The Labute approximate surface area is 109 Å². The van der Waals surface area contributed by atoms with Crippen LogP contribution in [0.25, 0.3) is 10.2 Å². The monoisotopic (exact) mass is 262 g/mol. The molecule has 0 radical (unpaired) electrons. The number of rotatable bonds is 4. The lowest BCUT2D eigenvalue weighted by Gasteiger charge is -2.14. The number of amides is 1. The molecular weight excluding hydrogens is 248 g/mol. The number of hydrogen-bond acceptors (Lipinski definition) is 5. The van der Waals surface area contributed by atoms with Crippen LogP contribution < -0.4 is 10.6 Å². The minimum atomic E-state index is -0.286. The molecule has 1 amide bonds. The third kappa shape index (κ3) is 2.28. The van der Waals surface area contributed by atoms with Crippen LogP contribution in [0.4, 0.5) is 5.82 Å². The van der Waals surface area contributed by atoms with Crippen LogP contribution in [0.3, 0.4) is 0 Å². The third-order valence-electron chi connectivity index (χ3n) is 2.91. The fraction of sp³-hybridized carbons (Fsp3) is 0.417. The standard InChI is InChI=1S/C12H14N4OS/c1-7(12(17)16-8-2-3-8)15-11-10-9(4-5-18-10)13-6-14-11/h4-8H,2-3H2,1H3,(H,16,17)(H,13,14,15). The molecule has 0 spiro atoms. The van der Waals surface area contributed by atoms with Gasteiger partial charge in [-0.3, -0.25) is 4.79 Å². The van der Waals surface area contributed by atoms with Crippen LogP contribution in [0.5, 0.6) is 0 Å². The van der Waals surface area contributed by atoms with Crippen LogP contribution in [-0.2, 0) is 4.79 Å². The second kappa shape index (κ2) is 4.53. The highest BCUT2D eigenvalue weighted by Gasteiger charge is 2.25. The summed E-state index contributed by atoms with van der Waals surface area (Å²) >= 11 is 1.57. The molecule has 1 aliphatic rings. The van der Waals surface area contributed by atoms with Crippen molar-refractivity contribution in [3.63, 3.8) is 0 Å². The smallest absolute Gasteiger partial charge is 0.242 e. The zero-order valence-corrected chi connectivity index (χ0v) is 10.8. The molecule has 1 saturated carbocycles. The summed E-state index contributed by atoms with van der Waals surface area (Å²) in [5.41, 5.74) is 0.910. The fourth-order valence-corrected chi connectivity index (χ4v) is 2.51. The Hall–Kier alpha value is -1.69. The number of hydrogen-bond donors (Lipinski definition) is 2. The fourth-order valence-electron chi connectivity index (χ4n) is 1.72. The molecule has 2 N–H and O–H groups in total. The lowest BCUT2D eigenvalue weighted by molar-refractivity contribution is -0.121. The third-order valence-corrected chi connectivity index (χ3v) is 3.82. The Balaban J connectivity index is 1.74. The number of thiophene rings is 1. The van der Waals surface area contributed by atoms with Gasteiger partial charge in [0.1, 0.15) is 18.2 Å². The first-order chi connectivity index (χ1) is 8.74. The van der Waals surface area contributed by atoms with Gasteiger partial charge in [0.2, 0.25) is 5.91 Å². The highest BCUT2D eigenvalue weighted by molar-refractivity contribution is 7.17. The molecule has 0 bridgehead atoms. The molecule has 6 heteroatoms. The first kappa shape index (κ1) is 11.4. The molecule has 5 nitrogen and oxygen atoms in total. The number of anilines is 1. The quantitative estimate of drug-likeness (QED) is 0.881. The highest BCUT2D eigenvalue weighted by Crippen LogP contribution is 2.25. The molecule has 2 aromatic rings. The lowest BCUT2D eigenvalue weighted by atomic mass is 10.3. The molecule has 0 aliphatic heterocycles. The number of aromatic nitrogens is 2. The Kier molecular flexibility index (Phi) is 2.87. The minimum absolute atomic E-state index is 0.0285. The normalized spacial score (nSPS) is 16.5. The largest absolute Gasteiger partial charge is 0.357 e. The van der Waals surface area contributed by atoms with Gasteiger partial charge in [0.05, 0.1) is 10.2 Å². The van der Waals surface area contributed by atoms with E-state index in [2.05, 4.69) is 20.6 Å². The van der Waals surface area contributed by atoms with Gasteiger partial charge in [-0.15, -0.1) is 11.3 Å². The molecule has 3 rings (SSSR count). The minimum Gasteiger partial charge on any atom is -0.357 e. The molecule has 1 fully saturated rings. The van der Waals surface area contributed by atoms with Crippen LogP contribution in [-0.4, -0.2) is 28.0 Å². The van der Waals surface area contributed by atoms with Gasteiger partial charge in [0.25, 0.3) is 0 Å². The second-order valence-electron chi connectivity index (χ2n) is 4.51. The molecule has 1 aliphatic carbocycles. The highest BCUT2D eigenvalue weighted by atomic mass is 32.1. The van der Waals surface area contributed by atoms with Crippen LogP contribution in [0.15, 0.2) is 17.8 Å². The predicted molar refractivity (Wildman–Crippen MR) is 71.7 cm³/mol. The Morgan fingerprint density at radius 3 is 3.11 bits per heavy atom. The number of carbonyl (C=O) groups excluding carboxylic acids is 1. The summed E-state index contributed by atoms with van der Waals surface area (Å²) < 4.78 is 0.989. The van der Waals surface area contributed by atoms with E-state index in [4.69, 9.17) is 0 Å². The van der Waals surface area contributed by atoms with E-state index in [9.17, 15) is 4.79 Å². The summed E-state index contributed by atoms with van der Waals surface area (Å²) in [7, 11) is 0. The molecule has 2 aromatic heterocycles. The summed E-state index contributed by atoms with van der Waals surface area (Å²) in [6, 6.07) is 2.04. The van der Waals surface area contributed by atoms with Crippen LogP contribution in [0.1, 0.15) is 19.8 Å². The van der Waals surface area contributed by atoms with Crippen molar-refractivity contribution in [1.29, 1.82) is 0 Å². The van der Waals surface area contributed by atoms with Crippen LogP contribution >= 0.6 is 11.3 Å². The maximum Gasteiger partial charge on any atom is 0.242 e. The average molecular weight is 262 g/mol. The Bertz CT molecular complexity index is 578. The number of nitrogens with zero attached hydrogens (tertiary/aromatic N) is 2. The van der Waals surface area contributed by atoms with Gasteiger partial charge in [0.15, 0.2) is 0 Å². The Morgan fingerprint density at radius 1 is 1.50 bits per heavy atom. The molecule has 1 atom stereocenters. The van der Waals surface area contributed by atoms with E-state index in [0.29, 0.717) is 6.04 Å². The first-order valence-electron chi connectivity index (χ1n) is 5.99. The van der Waals surface area contributed by atoms with E-state index in [1.165, 1.54) is 6.33 Å². The molecule has 2 heterocycles. The van der Waals surface area contributed by atoms with Gasteiger partial charge >= 0.3 is 0 Å². The first-order valence-corrected chi connectivity index (χ1v) is 6.87. The van der Waals surface area contributed by atoms with Crippen molar-refractivity contribution < 1.29 is 4.79 Å². The van der Waals surface area contributed by atoms with Gasteiger partial charge in [-0.2, -0.15) is 0 Å². The summed E-state index contributed by atoms with van der Waals surface area (Å²) in [6.45, 7) is 1.85. The molecule has 1 unspecified atom stereocenters. The molecule has 94 valence electrons. The molecule has 18 heavy (non-hydrogen) atoms. The van der Waals surface area contributed by atoms with Crippen LogP contribution in [0, 0.1) is 0 Å². The van der Waals surface area contributed by atoms with Gasteiger partial charge < -0.3 is 10.6 Å². The number of fused-ring (bicyclic) bond motifs is 1. The van der Waals surface area contributed by atoms with E-state index >= 15 is 0 Å². The maximum atomic E-state index is 11.9. The zero-order valence-electron chi connectivity index (χ0n) is 10.0. The van der Waals surface area contributed by atoms with Crippen molar-refractivity contribution in [3.05, 3.63) is 17.8 Å². The van der Waals surface area contributed by atoms with Gasteiger partial charge in [-0.1, -0.05) is 0 Å². The number of nitrogens with one attached hydrogen (secondary N) is 2. The van der Waals surface area contributed by atoms with Gasteiger partial charge in [-0.05, 0) is 31.2 Å². The Morgan fingerprint density at radius 2 is 2.33 bits per heavy atom. The average Bonchev–Trinajstić information content (AvgIpc) is 3.04. The van der Waals surface area contributed by atoms with Crippen molar-refractivity contribution in [3.8, 4) is 0 Å². The molecule has 0 aromatic carbocycles. The van der Waals surface area contributed by atoms with Crippen LogP contribution in [0.2, 0.25) is 0 Å². The van der Waals surface area contributed by atoms with Crippen molar-refractivity contribution in [2.45, 2.75) is 31.8 Å². The van der Waals surface area contributed by atoms with Crippen molar-refractivity contribution in [1.82, 2.24) is 15.3 Å². The summed E-state index contributed by atoms with van der Waals surface area (Å²) in [5.74, 6) is 0.759. The van der Waals surface area contributed by atoms with E-state index in [1.807, 2.05) is 18.4 Å². The SMILES string of the molecule is CC(Nc1ncnc2ccsc12)C(=O)NC1CC1. The van der Waals surface area contributed by atoms with Crippen molar-refractivity contribution in [2.75, 3.05) is 5.32 Å². The summed E-state index contributed by atoms with van der Waals surface area (Å²) in [6.07, 6.45) is 3.71. The van der Waals surface area contributed by atoms with Gasteiger partial charge in [-0.25, -0.2) is 9.97 Å². The van der Waals surface area contributed by atoms with E-state index in [0.717, 1.165) is 28.9 Å². The molecular formula is C12H14N4OS. The zero-order chi connectivity index (χ0) is 12.5. The summed E-state index contributed by atoms with van der Waals surface area (Å²) in [4.78, 5) is 20.2. The lowest BCUT2D eigenvalue weighted by Crippen LogP contribution is -2.38. The van der Waals surface area contributed by atoms with Crippen molar-refractivity contribution in [2.24, 2.45) is 0 Å². The van der Waals surface area contributed by atoms with E-state index in [1.54, 1.807) is 11.3 Å². The topological polar surface area (TPSA) is 66.9 Å². The van der Waals surface area contributed by atoms with Crippen molar-refractivity contribution >= 4 is 33.3 Å². The number of carbonyl (C=O) groups is 1. The maximum absolute atomic E-state index is 11.9. The van der Waals surface area contributed by atoms with Gasteiger partial charge in [0, 0.05) is 6.04 Å². The predicted octanol–water partition coefficient (Wildman–Crippen LogP) is 1.77. The second-order valence-corrected chi connectivity index (χ2v) is 5.42. The van der Waals surface area contributed by atoms with E-state index in [-0.39, 0.29) is 11.9 Å². The van der Waals surface area contributed by atoms with E-state index < -0.39 is 0 Å².